The lowest BCUT2D eigenvalue weighted by Crippen LogP contribution is -2.70. The van der Waals surface area contributed by atoms with Crippen LogP contribution in [-0.4, -0.2) is 53.2 Å². The van der Waals surface area contributed by atoms with E-state index in [9.17, 15) is 14.4 Å². The van der Waals surface area contributed by atoms with E-state index in [1.165, 1.54) is 4.90 Å². The van der Waals surface area contributed by atoms with E-state index in [0.29, 0.717) is 31.4 Å². The highest BCUT2D eigenvalue weighted by molar-refractivity contribution is 6.05. The molecule has 2 saturated heterocycles. The average molecular weight is 446 g/mol. The third-order valence-corrected chi connectivity index (χ3v) is 7.67. The van der Waals surface area contributed by atoms with E-state index in [0.717, 1.165) is 24.0 Å². The molecule has 172 valence electrons. The number of carbonyl (C=O) groups is 3. The standard InChI is InChI=1S/C23H28F2N4O3/c24-23(25)15-5-1-2-9-22(23,13-26-11-15)27-10-14-4-3-6-16-17(14)12-29(21(16)32)18-7-8-19(30)28-20(18)31/h3-4,6,15,18,26-27H,1-2,5,7-13H2,(H,28,30,31). The van der Waals surface area contributed by atoms with Crippen LogP contribution in [0.4, 0.5) is 8.78 Å². The zero-order valence-electron chi connectivity index (χ0n) is 17.9. The summed E-state index contributed by atoms with van der Waals surface area (Å²) in [6.07, 6.45) is 2.98. The molecule has 0 aromatic heterocycles. The zero-order valence-corrected chi connectivity index (χ0v) is 17.9. The van der Waals surface area contributed by atoms with Crippen LogP contribution < -0.4 is 16.0 Å². The quantitative estimate of drug-likeness (QED) is 0.613. The van der Waals surface area contributed by atoms with E-state index < -0.39 is 29.3 Å². The minimum absolute atomic E-state index is 0.191. The molecule has 1 saturated carbocycles. The molecule has 32 heavy (non-hydrogen) atoms. The second-order valence-electron chi connectivity index (χ2n) is 9.48. The van der Waals surface area contributed by atoms with E-state index in [-0.39, 0.29) is 37.9 Å². The lowest BCUT2D eigenvalue weighted by molar-refractivity contribution is -0.148. The summed E-state index contributed by atoms with van der Waals surface area (Å²) in [5, 5.41) is 8.70. The lowest BCUT2D eigenvalue weighted by atomic mass is 9.78. The smallest absolute Gasteiger partial charge is 0.271 e. The molecular formula is C23H28F2N4O3. The number of piperidine rings is 2. The van der Waals surface area contributed by atoms with Gasteiger partial charge < -0.3 is 15.5 Å². The topological polar surface area (TPSA) is 90.5 Å². The molecule has 9 heteroatoms. The van der Waals surface area contributed by atoms with Gasteiger partial charge in [-0.3, -0.25) is 19.7 Å². The Balaban J connectivity index is 1.37. The van der Waals surface area contributed by atoms with E-state index in [1.54, 1.807) is 12.1 Å². The number of hydrogen-bond donors (Lipinski definition) is 3. The van der Waals surface area contributed by atoms with Gasteiger partial charge in [0.1, 0.15) is 6.04 Å². The SMILES string of the molecule is O=C1CCC(N2Cc3c(CNC45CCCCC(CNC4)C5(F)F)cccc3C2=O)C(=O)N1. The molecule has 3 amide bonds. The number of hydrogen-bond acceptors (Lipinski definition) is 5. The maximum atomic E-state index is 15.4. The molecule has 3 atom stereocenters. The average Bonchev–Trinajstić information content (AvgIpc) is 3.09. The van der Waals surface area contributed by atoms with Crippen LogP contribution in [0, 0.1) is 5.92 Å². The summed E-state index contributed by atoms with van der Waals surface area (Å²) < 4.78 is 30.8. The second-order valence-corrected chi connectivity index (χ2v) is 9.48. The Morgan fingerprint density at radius 1 is 1.16 bits per heavy atom. The number of alkyl halides is 2. The Labute approximate surface area is 185 Å². The third-order valence-electron chi connectivity index (χ3n) is 7.67. The summed E-state index contributed by atoms with van der Waals surface area (Å²) in [5.74, 6) is -4.52. The van der Waals surface area contributed by atoms with E-state index in [4.69, 9.17) is 0 Å². The Bertz CT molecular complexity index is 969. The van der Waals surface area contributed by atoms with Crippen LogP contribution in [0.25, 0.3) is 0 Å². The molecule has 3 N–H and O–H groups in total. The van der Waals surface area contributed by atoms with Gasteiger partial charge in [0.25, 0.3) is 11.8 Å². The first-order valence-corrected chi connectivity index (χ1v) is 11.4. The number of amides is 3. The van der Waals surface area contributed by atoms with Crippen molar-refractivity contribution in [2.24, 2.45) is 5.92 Å². The molecule has 1 aromatic carbocycles. The molecule has 5 rings (SSSR count). The molecule has 4 aliphatic rings. The number of nitrogens with zero attached hydrogens (tertiary/aromatic N) is 1. The number of rotatable bonds is 4. The summed E-state index contributed by atoms with van der Waals surface area (Å²) in [6.45, 7) is 1.02. The first kappa shape index (κ1) is 21.5. The van der Waals surface area contributed by atoms with Crippen LogP contribution in [-0.2, 0) is 22.7 Å². The molecule has 0 radical (unpaired) electrons. The van der Waals surface area contributed by atoms with Gasteiger partial charge in [-0.2, -0.15) is 0 Å². The first-order chi connectivity index (χ1) is 15.3. The van der Waals surface area contributed by atoms with Crippen molar-refractivity contribution in [1.29, 1.82) is 0 Å². The van der Waals surface area contributed by atoms with Crippen LogP contribution in [0.2, 0.25) is 0 Å². The van der Waals surface area contributed by atoms with Crippen molar-refractivity contribution in [2.75, 3.05) is 13.1 Å². The van der Waals surface area contributed by atoms with Gasteiger partial charge in [-0.25, -0.2) is 8.78 Å². The van der Waals surface area contributed by atoms with Crippen molar-refractivity contribution in [3.05, 3.63) is 34.9 Å². The monoisotopic (exact) mass is 446 g/mol. The van der Waals surface area contributed by atoms with Crippen molar-refractivity contribution < 1.29 is 23.2 Å². The Morgan fingerprint density at radius 2 is 2.00 bits per heavy atom. The van der Waals surface area contributed by atoms with Gasteiger partial charge >= 0.3 is 0 Å². The molecule has 3 heterocycles. The van der Waals surface area contributed by atoms with E-state index in [2.05, 4.69) is 16.0 Å². The van der Waals surface area contributed by atoms with E-state index in [1.807, 2.05) is 6.07 Å². The molecule has 3 aliphatic heterocycles. The fourth-order valence-electron chi connectivity index (χ4n) is 5.80. The third kappa shape index (κ3) is 3.33. The van der Waals surface area contributed by atoms with Gasteiger partial charge in [0.05, 0.1) is 5.54 Å². The van der Waals surface area contributed by atoms with Gasteiger partial charge in [-0.15, -0.1) is 0 Å². The molecule has 7 nitrogen and oxygen atoms in total. The Kier molecular flexibility index (Phi) is 5.28. The van der Waals surface area contributed by atoms with E-state index >= 15 is 8.78 Å². The molecule has 2 bridgehead atoms. The molecule has 3 unspecified atom stereocenters. The number of halogens is 2. The van der Waals surface area contributed by atoms with Crippen molar-refractivity contribution in [3.8, 4) is 0 Å². The number of imide groups is 1. The maximum Gasteiger partial charge on any atom is 0.271 e. The van der Waals surface area contributed by atoms with Crippen molar-refractivity contribution in [2.45, 2.75) is 69.1 Å². The molecule has 1 aromatic rings. The van der Waals surface area contributed by atoms with Gasteiger partial charge in [0.15, 0.2) is 0 Å². The maximum absolute atomic E-state index is 15.4. The van der Waals surface area contributed by atoms with Gasteiger partial charge in [0.2, 0.25) is 11.8 Å². The largest absolute Gasteiger partial charge is 0.322 e. The summed E-state index contributed by atoms with van der Waals surface area (Å²) in [6, 6.07) is 4.63. The Morgan fingerprint density at radius 3 is 2.81 bits per heavy atom. The highest BCUT2D eigenvalue weighted by atomic mass is 19.3. The summed E-state index contributed by atoms with van der Waals surface area (Å²) in [5.41, 5.74) is 0.755. The number of nitrogens with one attached hydrogen (secondary N) is 3. The fraction of sp³-hybridized carbons (Fsp3) is 0.609. The zero-order chi connectivity index (χ0) is 22.5. The molecule has 3 fully saturated rings. The van der Waals surface area contributed by atoms with Crippen LogP contribution in [0.15, 0.2) is 18.2 Å². The summed E-state index contributed by atoms with van der Waals surface area (Å²) >= 11 is 0. The predicted molar refractivity (Wildman–Crippen MR) is 112 cm³/mol. The highest BCUT2D eigenvalue weighted by Gasteiger charge is 2.60. The highest BCUT2D eigenvalue weighted by Crippen LogP contribution is 2.46. The number of fused-ring (bicyclic) bond motifs is 3. The van der Waals surface area contributed by atoms with Crippen LogP contribution >= 0.6 is 0 Å². The number of benzene rings is 1. The summed E-state index contributed by atoms with van der Waals surface area (Å²) in [7, 11) is 0. The molecule has 1 aliphatic carbocycles. The minimum atomic E-state index is -2.80. The molecular weight excluding hydrogens is 418 g/mol. The predicted octanol–water partition coefficient (Wildman–Crippen LogP) is 1.70. The number of carbonyl (C=O) groups excluding carboxylic acids is 3. The van der Waals surface area contributed by atoms with Crippen molar-refractivity contribution >= 4 is 17.7 Å². The normalized spacial score (nSPS) is 31.8. The fourth-order valence-corrected chi connectivity index (χ4v) is 5.80. The molecule has 0 spiro atoms. The minimum Gasteiger partial charge on any atom is -0.322 e. The lowest BCUT2D eigenvalue weighted by Gasteiger charge is -2.47. The van der Waals surface area contributed by atoms with Gasteiger partial charge in [0, 0.05) is 44.1 Å². The van der Waals surface area contributed by atoms with Gasteiger partial charge in [-0.05, 0) is 36.5 Å². The second kappa shape index (κ2) is 7.88. The van der Waals surface area contributed by atoms with Gasteiger partial charge in [-0.1, -0.05) is 25.0 Å². The summed E-state index contributed by atoms with van der Waals surface area (Å²) in [4.78, 5) is 38.3. The van der Waals surface area contributed by atoms with Crippen LogP contribution in [0.1, 0.15) is 60.0 Å². The van der Waals surface area contributed by atoms with Crippen molar-refractivity contribution in [1.82, 2.24) is 20.9 Å². The van der Waals surface area contributed by atoms with Crippen LogP contribution in [0.5, 0.6) is 0 Å². The van der Waals surface area contributed by atoms with Crippen LogP contribution in [0.3, 0.4) is 0 Å². The van der Waals surface area contributed by atoms with Crippen molar-refractivity contribution in [3.63, 3.8) is 0 Å². The Hall–Kier alpha value is -2.39. The first-order valence-electron chi connectivity index (χ1n) is 11.4.